The molecule has 0 aromatic carbocycles. The third-order valence-electron chi connectivity index (χ3n) is 2.00. The molecule has 4 nitrogen and oxygen atoms in total. The molecule has 0 fully saturated rings. The zero-order valence-corrected chi connectivity index (χ0v) is 11.0. The Morgan fingerprint density at radius 3 is 2.59 bits per heavy atom. The molecule has 0 spiro atoms. The molecule has 1 aromatic heterocycles. The highest BCUT2D eigenvalue weighted by Crippen LogP contribution is 2.17. The number of aromatic nitrogens is 1. The number of aryl methyl sites for hydroxylation is 1. The zero-order valence-electron chi connectivity index (χ0n) is 11.0. The van der Waals surface area contributed by atoms with Crippen molar-refractivity contribution in [2.75, 3.05) is 0 Å². The number of rotatable bonds is 3. The summed E-state index contributed by atoms with van der Waals surface area (Å²) in [5.74, 6) is 0.228. The Bertz CT molecular complexity index is 396. The Kier molecular flexibility index (Phi) is 4.10. The van der Waals surface area contributed by atoms with Crippen LogP contribution in [0.3, 0.4) is 0 Å². The van der Waals surface area contributed by atoms with Gasteiger partial charge in [-0.1, -0.05) is 0 Å². The molecule has 0 saturated carbocycles. The van der Waals surface area contributed by atoms with Crippen LogP contribution in [0.25, 0.3) is 0 Å². The van der Waals surface area contributed by atoms with E-state index in [4.69, 9.17) is 9.47 Å². The minimum Gasteiger partial charge on any atom is -0.477 e. The number of esters is 1. The van der Waals surface area contributed by atoms with Crippen molar-refractivity contribution >= 4 is 5.97 Å². The van der Waals surface area contributed by atoms with Crippen LogP contribution >= 0.6 is 0 Å². The summed E-state index contributed by atoms with van der Waals surface area (Å²) in [6.07, 6.45) is 1.04. The molecular weight excluding hydrogens is 218 g/mol. The maximum absolute atomic E-state index is 11.7. The minimum absolute atomic E-state index is 0.374. The molecule has 94 valence electrons. The second kappa shape index (κ2) is 5.17. The fraction of sp³-hybridized carbons (Fsp3) is 0.538. The Morgan fingerprint density at radius 2 is 2.06 bits per heavy atom. The predicted octanol–water partition coefficient (Wildman–Crippen LogP) is 2.50. The van der Waals surface area contributed by atoms with Crippen molar-refractivity contribution in [3.8, 4) is 5.75 Å². The molecule has 0 radical (unpaired) electrons. The number of hydrogen-bond donors (Lipinski definition) is 0. The second-order valence-corrected chi connectivity index (χ2v) is 4.88. The van der Waals surface area contributed by atoms with E-state index in [0.29, 0.717) is 5.75 Å². The van der Waals surface area contributed by atoms with E-state index in [9.17, 15) is 4.79 Å². The van der Waals surface area contributed by atoms with Crippen LogP contribution in [0, 0.1) is 6.92 Å². The molecule has 0 aliphatic carbocycles. The van der Waals surface area contributed by atoms with Crippen LogP contribution in [0.15, 0.2) is 18.3 Å². The summed E-state index contributed by atoms with van der Waals surface area (Å²) in [6.45, 7) is 8.98. The fourth-order valence-electron chi connectivity index (χ4n) is 1.22. The number of carbonyl (C=O) groups excluding carboxylic acids is 1. The van der Waals surface area contributed by atoms with Gasteiger partial charge in [-0.25, -0.2) is 4.79 Å². The molecule has 1 rings (SSSR count). The van der Waals surface area contributed by atoms with Gasteiger partial charge in [0.25, 0.3) is 0 Å². The third kappa shape index (κ3) is 4.43. The quantitative estimate of drug-likeness (QED) is 0.758. The molecule has 1 atom stereocenters. The number of hydrogen-bond acceptors (Lipinski definition) is 4. The SMILES string of the molecule is Cc1ncccc1OC(C)C(=O)OC(C)(C)C. The van der Waals surface area contributed by atoms with Crippen molar-refractivity contribution in [2.45, 2.75) is 46.3 Å². The average Bonchev–Trinajstić information content (AvgIpc) is 2.18. The zero-order chi connectivity index (χ0) is 13.1. The van der Waals surface area contributed by atoms with Crippen molar-refractivity contribution in [1.29, 1.82) is 0 Å². The maximum Gasteiger partial charge on any atom is 0.347 e. The van der Waals surface area contributed by atoms with Gasteiger partial charge in [-0.15, -0.1) is 0 Å². The van der Waals surface area contributed by atoms with Crippen LogP contribution in [0.4, 0.5) is 0 Å². The summed E-state index contributed by atoms with van der Waals surface area (Å²) < 4.78 is 10.7. The van der Waals surface area contributed by atoms with Gasteiger partial charge in [0.15, 0.2) is 6.10 Å². The lowest BCUT2D eigenvalue weighted by Gasteiger charge is -2.22. The predicted molar refractivity (Wildman–Crippen MR) is 64.9 cm³/mol. The first-order valence-corrected chi connectivity index (χ1v) is 5.61. The van der Waals surface area contributed by atoms with Gasteiger partial charge in [0.05, 0.1) is 5.69 Å². The largest absolute Gasteiger partial charge is 0.477 e. The lowest BCUT2D eigenvalue weighted by atomic mass is 10.2. The standard InChI is InChI=1S/C13H19NO3/c1-9-11(7-6-8-14-9)16-10(2)12(15)17-13(3,4)5/h6-8,10H,1-5H3. The molecule has 1 aromatic rings. The van der Waals surface area contributed by atoms with Crippen molar-refractivity contribution in [2.24, 2.45) is 0 Å². The normalized spacial score (nSPS) is 13.0. The lowest BCUT2D eigenvalue weighted by Crippen LogP contribution is -2.33. The first kappa shape index (κ1) is 13.5. The molecular formula is C13H19NO3. The highest BCUT2D eigenvalue weighted by molar-refractivity contribution is 5.75. The van der Waals surface area contributed by atoms with E-state index in [1.807, 2.05) is 27.7 Å². The van der Waals surface area contributed by atoms with Gasteiger partial charge in [-0.3, -0.25) is 4.98 Å². The first-order chi connectivity index (χ1) is 7.79. The second-order valence-electron chi connectivity index (χ2n) is 4.88. The molecule has 0 bridgehead atoms. The van der Waals surface area contributed by atoms with Gasteiger partial charge < -0.3 is 9.47 Å². The highest BCUT2D eigenvalue weighted by atomic mass is 16.6. The Labute approximate surface area is 102 Å². The van der Waals surface area contributed by atoms with Crippen molar-refractivity contribution < 1.29 is 14.3 Å². The fourth-order valence-corrected chi connectivity index (χ4v) is 1.22. The number of pyridine rings is 1. The van der Waals surface area contributed by atoms with Gasteiger partial charge in [-0.05, 0) is 46.8 Å². The van der Waals surface area contributed by atoms with Crippen LogP contribution < -0.4 is 4.74 Å². The van der Waals surface area contributed by atoms with E-state index in [2.05, 4.69) is 4.98 Å². The summed E-state index contributed by atoms with van der Waals surface area (Å²) in [5, 5.41) is 0. The molecule has 0 saturated heterocycles. The van der Waals surface area contributed by atoms with E-state index in [1.54, 1.807) is 25.3 Å². The van der Waals surface area contributed by atoms with Gasteiger partial charge in [0, 0.05) is 6.20 Å². The Hall–Kier alpha value is -1.58. The van der Waals surface area contributed by atoms with Gasteiger partial charge in [0.2, 0.25) is 0 Å². The Balaban J connectivity index is 2.64. The number of nitrogens with zero attached hydrogens (tertiary/aromatic N) is 1. The van der Waals surface area contributed by atoms with E-state index >= 15 is 0 Å². The van der Waals surface area contributed by atoms with Crippen molar-refractivity contribution in [3.63, 3.8) is 0 Å². The van der Waals surface area contributed by atoms with Gasteiger partial charge in [0.1, 0.15) is 11.4 Å². The van der Waals surface area contributed by atoms with Crippen molar-refractivity contribution in [3.05, 3.63) is 24.0 Å². The average molecular weight is 237 g/mol. The van der Waals surface area contributed by atoms with Crippen LogP contribution in [0.1, 0.15) is 33.4 Å². The summed E-state index contributed by atoms with van der Waals surface area (Å²) in [6, 6.07) is 3.55. The summed E-state index contributed by atoms with van der Waals surface area (Å²) in [7, 11) is 0. The van der Waals surface area contributed by atoms with Crippen molar-refractivity contribution in [1.82, 2.24) is 4.98 Å². The van der Waals surface area contributed by atoms with E-state index < -0.39 is 11.7 Å². The molecule has 17 heavy (non-hydrogen) atoms. The summed E-state index contributed by atoms with van der Waals surface area (Å²) in [5.41, 5.74) is 0.251. The van der Waals surface area contributed by atoms with Gasteiger partial charge in [-0.2, -0.15) is 0 Å². The van der Waals surface area contributed by atoms with E-state index in [-0.39, 0.29) is 5.97 Å². The van der Waals surface area contributed by atoms with E-state index in [1.165, 1.54) is 0 Å². The number of carbonyl (C=O) groups is 1. The number of ether oxygens (including phenoxy) is 2. The first-order valence-electron chi connectivity index (χ1n) is 5.61. The van der Waals surface area contributed by atoms with E-state index in [0.717, 1.165) is 5.69 Å². The molecule has 0 N–H and O–H groups in total. The maximum atomic E-state index is 11.7. The smallest absolute Gasteiger partial charge is 0.347 e. The lowest BCUT2D eigenvalue weighted by molar-refractivity contribution is -0.162. The summed E-state index contributed by atoms with van der Waals surface area (Å²) in [4.78, 5) is 15.8. The third-order valence-corrected chi connectivity index (χ3v) is 2.00. The molecule has 1 heterocycles. The Morgan fingerprint density at radius 1 is 1.41 bits per heavy atom. The highest BCUT2D eigenvalue weighted by Gasteiger charge is 2.23. The van der Waals surface area contributed by atoms with Crippen LogP contribution in [0.5, 0.6) is 5.75 Å². The van der Waals surface area contributed by atoms with Crippen LogP contribution in [-0.4, -0.2) is 22.7 Å². The molecule has 4 heteroatoms. The molecule has 1 unspecified atom stereocenters. The van der Waals surface area contributed by atoms with Crippen LogP contribution in [-0.2, 0) is 9.53 Å². The monoisotopic (exact) mass is 237 g/mol. The topological polar surface area (TPSA) is 48.4 Å². The van der Waals surface area contributed by atoms with Crippen LogP contribution in [0.2, 0.25) is 0 Å². The minimum atomic E-state index is -0.642. The summed E-state index contributed by atoms with van der Waals surface area (Å²) >= 11 is 0. The van der Waals surface area contributed by atoms with Gasteiger partial charge >= 0.3 is 5.97 Å². The molecule has 0 aliphatic rings. The molecule has 0 aliphatic heterocycles. The molecule has 0 amide bonds.